The monoisotopic (exact) mass is 375 g/mol. The summed E-state index contributed by atoms with van der Waals surface area (Å²) in [5.41, 5.74) is 2.60. The predicted octanol–water partition coefficient (Wildman–Crippen LogP) is 4.74. The molecule has 0 aliphatic carbocycles. The summed E-state index contributed by atoms with van der Waals surface area (Å²) in [6.45, 7) is 9.50. The molecule has 1 aliphatic heterocycles. The molecular formula is C24H29N3O. The van der Waals surface area contributed by atoms with Gasteiger partial charge in [-0.15, -0.1) is 10.2 Å². The van der Waals surface area contributed by atoms with E-state index in [0.29, 0.717) is 11.8 Å². The van der Waals surface area contributed by atoms with Gasteiger partial charge in [0.25, 0.3) is 0 Å². The third-order valence-electron chi connectivity index (χ3n) is 6.38. The molecular weight excluding hydrogens is 346 g/mol. The van der Waals surface area contributed by atoms with Crippen LogP contribution >= 0.6 is 0 Å². The van der Waals surface area contributed by atoms with Crippen LogP contribution in [0.15, 0.2) is 65.1 Å². The van der Waals surface area contributed by atoms with Crippen LogP contribution < -0.4 is 0 Å². The molecule has 0 radical (unpaired) electrons. The first kappa shape index (κ1) is 18.9. The van der Waals surface area contributed by atoms with Crippen molar-refractivity contribution in [2.75, 3.05) is 19.6 Å². The summed E-state index contributed by atoms with van der Waals surface area (Å²) in [5, 5.41) is 8.49. The first-order valence-electron chi connectivity index (χ1n) is 10.1. The van der Waals surface area contributed by atoms with Gasteiger partial charge in [-0.05, 0) is 49.4 Å². The van der Waals surface area contributed by atoms with E-state index in [1.54, 1.807) is 0 Å². The highest BCUT2D eigenvalue weighted by Crippen LogP contribution is 2.38. The van der Waals surface area contributed by atoms with Gasteiger partial charge < -0.3 is 9.32 Å². The van der Waals surface area contributed by atoms with Gasteiger partial charge in [0, 0.05) is 13.5 Å². The Morgan fingerprint density at radius 3 is 2.14 bits per heavy atom. The minimum atomic E-state index is -0.316. The van der Waals surface area contributed by atoms with Crippen LogP contribution in [-0.2, 0) is 10.8 Å². The zero-order chi connectivity index (χ0) is 19.6. The number of hydrogen-bond donors (Lipinski definition) is 0. The van der Waals surface area contributed by atoms with Gasteiger partial charge in [-0.1, -0.05) is 67.6 Å². The molecule has 1 aliphatic rings. The maximum Gasteiger partial charge on any atom is 0.228 e. The molecule has 1 atom stereocenters. The lowest BCUT2D eigenvalue weighted by Crippen LogP contribution is -2.47. The summed E-state index contributed by atoms with van der Waals surface area (Å²) in [6, 6.07) is 21.5. The first-order chi connectivity index (χ1) is 13.5. The van der Waals surface area contributed by atoms with Gasteiger partial charge in [0.15, 0.2) is 0 Å². The number of likely N-dealkylation sites (tertiary alicyclic amines) is 1. The van der Waals surface area contributed by atoms with Gasteiger partial charge in [-0.3, -0.25) is 0 Å². The summed E-state index contributed by atoms with van der Waals surface area (Å²) in [4.78, 5) is 2.55. The Morgan fingerprint density at radius 2 is 1.57 bits per heavy atom. The van der Waals surface area contributed by atoms with Crippen LogP contribution in [0.25, 0.3) is 0 Å². The molecule has 0 bridgehead atoms. The lowest BCUT2D eigenvalue weighted by atomic mass is 9.73. The zero-order valence-corrected chi connectivity index (χ0v) is 17.1. The number of aryl methyl sites for hydroxylation is 1. The molecule has 1 aromatic heterocycles. The van der Waals surface area contributed by atoms with E-state index in [1.807, 2.05) is 6.92 Å². The summed E-state index contributed by atoms with van der Waals surface area (Å²) < 4.78 is 5.91. The molecule has 4 nitrogen and oxygen atoms in total. The van der Waals surface area contributed by atoms with E-state index in [-0.39, 0.29) is 10.8 Å². The van der Waals surface area contributed by atoms with Crippen molar-refractivity contribution in [3.63, 3.8) is 0 Å². The number of hydrogen-bond acceptors (Lipinski definition) is 4. The molecule has 4 heteroatoms. The minimum Gasteiger partial charge on any atom is -0.425 e. The fourth-order valence-corrected chi connectivity index (χ4v) is 4.39. The van der Waals surface area contributed by atoms with E-state index >= 15 is 0 Å². The van der Waals surface area contributed by atoms with Crippen LogP contribution in [0.1, 0.15) is 49.6 Å². The van der Waals surface area contributed by atoms with Crippen LogP contribution in [0.5, 0.6) is 0 Å². The number of rotatable bonds is 5. The molecule has 3 aromatic rings. The Balaban J connectivity index is 1.54. The zero-order valence-electron chi connectivity index (χ0n) is 17.1. The molecule has 0 spiro atoms. The van der Waals surface area contributed by atoms with Gasteiger partial charge in [-0.25, -0.2) is 0 Å². The molecule has 1 unspecified atom stereocenters. The predicted molar refractivity (Wildman–Crippen MR) is 111 cm³/mol. The maximum atomic E-state index is 5.91. The Morgan fingerprint density at radius 1 is 0.964 bits per heavy atom. The van der Waals surface area contributed by atoms with Gasteiger partial charge in [0.05, 0.1) is 5.41 Å². The van der Waals surface area contributed by atoms with Gasteiger partial charge in [-0.2, -0.15) is 0 Å². The molecule has 146 valence electrons. The molecule has 4 rings (SSSR count). The highest BCUT2D eigenvalue weighted by molar-refractivity contribution is 5.32. The van der Waals surface area contributed by atoms with E-state index in [0.717, 1.165) is 32.5 Å². The van der Waals surface area contributed by atoms with E-state index in [2.05, 4.69) is 89.6 Å². The molecule has 0 amide bonds. The van der Waals surface area contributed by atoms with Crippen LogP contribution in [0, 0.1) is 6.92 Å². The topological polar surface area (TPSA) is 42.2 Å². The Labute approximate surface area is 167 Å². The average molecular weight is 376 g/mol. The number of benzene rings is 2. The third-order valence-corrected chi connectivity index (χ3v) is 6.38. The molecule has 1 fully saturated rings. The van der Waals surface area contributed by atoms with Crippen molar-refractivity contribution in [2.45, 2.75) is 44.4 Å². The quantitative estimate of drug-likeness (QED) is 0.646. The fourth-order valence-electron chi connectivity index (χ4n) is 4.39. The van der Waals surface area contributed by atoms with Crippen molar-refractivity contribution in [3.05, 3.63) is 83.6 Å². The number of piperidine rings is 1. The van der Waals surface area contributed by atoms with Crippen molar-refractivity contribution >= 4 is 0 Å². The Kier molecular flexibility index (Phi) is 5.07. The van der Waals surface area contributed by atoms with Crippen LogP contribution in [0.2, 0.25) is 0 Å². The second kappa shape index (κ2) is 7.51. The van der Waals surface area contributed by atoms with E-state index in [1.165, 1.54) is 11.1 Å². The highest BCUT2D eigenvalue weighted by Gasteiger charge is 2.39. The van der Waals surface area contributed by atoms with Gasteiger partial charge in [0.2, 0.25) is 11.8 Å². The second-order valence-electron chi connectivity index (χ2n) is 8.53. The lowest BCUT2D eigenvalue weighted by Gasteiger charge is -2.42. The summed E-state index contributed by atoms with van der Waals surface area (Å²) in [6.07, 6.45) is 2.31. The van der Waals surface area contributed by atoms with Gasteiger partial charge >= 0.3 is 0 Å². The first-order valence-corrected chi connectivity index (χ1v) is 10.1. The summed E-state index contributed by atoms with van der Waals surface area (Å²) >= 11 is 0. The third kappa shape index (κ3) is 3.61. The molecule has 2 aromatic carbocycles. The standard InChI is InChI=1S/C24H29N3O/c1-19-25-26-22(28-19)24(3,21-12-8-5-9-13-21)18-27-16-14-23(2,15-17-27)20-10-6-4-7-11-20/h4-13H,14-18H2,1-3H3. The molecule has 1 saturated heterocycles. The Hall–Kier alpha value is -2.46. The Bertz CT molecular complexity index is 898. The van der Waals surface area contributed by atoms with Crippen LogP contribution in [0.3, 0.4) is 0 Å². The van der Waals surface area contributed by atoms with E-state index < -0.39 is 0 Å². The smallest absolute Gasteiger partial charge is 0.228 e. The van der Waals surface area contributed by atoms with Crippen molar-refractivity contribution < 1.29 is 4.42 Å². The van der Waals surface area contributed by atoms with Gasteiger partial charge in [0.1, 0.15) is 0 Å². The van der Waals surface area contributed by atoms with Crippen LogP contribution in [0.4, 0.5) is 0 Å². The normalized spacial score (nSPS) is 19.2. The SMILES string of the molecule is Cc1nnc(C(C)(CN2CCC(C)(c3ccccc3)CC2)c2ccccc2)o1. The summed E-state index contributed by atoms with van der Waals surface area (Å²) in [7, 11) is 0. The molecule has 0 N–H and O–H groups in total. The minimum absolute atomic E-state index is 0.252. The number of nitrogens with zero attached hydrogens (tertiary/aromatic N) is 3. The van der Waals surface area contributed by atoms with Crippen molar-refractivity contribution in [1.29, 1.82) is 0 Å². The van der Waals surface area contributed by atoms with E-state index in [9.17, 15) is 0 Å². The largest absolute Gasteiger partial charge is 0.425 e. The van der Waals surface area contributed by atoms with Crippen LogP contribution in [-0.4, -0.2) is 34.7 Å². The van der Waals surface area contributed by atoms with Crippen molar-refractivity contribution in [2.24, 2.45) is 0 Å². The molecule has 0 saturated carbocycles. The lowest BCUT2D eigenvalue weighted by molar-refractivity contribution is 0.140. The van der Waals surface area contributed by atoms with Crippen molar-refractivity contribution in [3.8, 4) is 0 Å². The molecule has 28 heavy (non-hydrogen) atoms. The maximum absolute atomic E-state index is 5.91. The fraction of sp³-hybridized carbons (Fsp3) is 0.417. The number of aromatic nitrogens is 2. The van der Waals surface area contributed by atoms with E-state index in [4.69, 9.17) is 4.42 Å². The summed E-state index contributed by atoms with van der Waals surface area (Å²) in [5.74, 6) is 1.32. The average Bonchev–Trinajstić information content (AvgIpc) is 3.18. The second-order valence-corrected chi connectivity index (χ2v) is 8.53. The van der Waals surface area contributed by atoms with Crippen molar-refractivity contribution in [1.82, 2.24) is 15.1 Å². The highest BCUT2D eigenvalue weighted by atomic mass is 16.4. The molecule has 2 heterocycles.